The predicted octanol–water partition coefficient (Wildman–Crippen LogP) is 2.91. The molecule has 1 fully saturated rings. The number of nitrogens with zero attached hydrogens (tertiary/aromatic N) is 2. The molecule has 1 aromatic carbocycles. The topological polar surface area (TPSA) is 71.4 Å². The standard InChI is InChI=1S/C23H24F3N3O3/c24-23(25,26)18-4-1-3-15(10-18)11-27-20(30)7-8-21(31)28-12-16-9-17(14-28)19-5-2-6-22(32)29(19)13-16/h1-6,10,16-17H,7-9,11-14H2,(H,27,30)/t16-,17+/m0/s1. The molecular formula is C23H24F3N3O3. The molecule has 6 nitrogen and oxygen atoms in total. The summed E-state index contributed by atoms with van der Waals surface area (Å²) in [5.74, 6) is -0.194. The van der Waals surface area contributed by atoms with E-state index in [1.807, 2.05) is 6.07 Å². The maximum atomic E-state index is 12.8. The van der Waals surface area contributed by atoms with Crippen molar-refractivity contribution >= 4 is 11.8 Å². The first-order chi connectivity index (χ1) is 15.2. The molecule has 2 atom stereocenters. The lowest BCUT2D eigenvalue weighted by atomic mass is 9.83. The van der Waals surface area contributed by atoms with E-state index in [0.29, 0.717) is 25.2 Å². The molecule has 1 N–H and O–H groups in total. The van der Waals surface area contributed by atoms with Crippen molar-refractivity contribution in [2.45, 2.75) is 44.4 Å². The number of hydrogen-bond donors (Lipinski definition) is 1. The maximum Gasteiger partial charge on any atom is 0.416 e. The lowest BCUT2D eigenvalue weighted by molar-refractivity contribution is -0.137. The second kappa shape index (κ2) is 8.80. The van der Waals surface area contributed by atoms with Crippen LogP contribution in [0.15, 0.2) is 47.3 Å². The third kappa shape index (κ3) is 4.87. The average Bonchev–Trinajstić information content (AvgIpc) is 2.76. The fourth-order valence-corrected chi connectivity index (χ4v) is 4.63. The SMILES string of the molecule is O=C(CCC(=O)N1C[C@@H]2C[C@H](C1)c1cccc(=O)n1C2)NCc1cccc(C(F)(F)F)c1. The highest BCUT2D eigenvalue weighted by Gasteiger charge is 2.36. The molecule has 1 saturated heterocycles. The number of fused-ring (bicyclic) bond motifs is 4. The number of pyridine rings is 1. The van der Waals surface area contributed by atoms with Gasteiger partial charge in [0.25, 0.3) is 5.56 Å². The molecule has 170 valence electrons. The zero-order chi connectivity index (χ0) is 22.9. The first-order valence-electron chi connectivity index (χ1n) is 10.6. The van der Waals surface area contributed by atoms with Gasteiger partial charge in [-0.05, 0) is 36.1 Å². The van der Waals surface area contributed by atoms with Crippen molar-refractivity contribution in [2.75, 3.05) is 13.1 Å². The normalized spacial score (nSPS) is 19.9. The fraction of sp³-hybridized carbons (Fsp3) is 0.435. The second-order valence-electron chi connectivity index (χ2n) is 8.47. The van der Waals surface area contributed by atoms with Gasteiger partial charge in [-0.1, -0.05) is 18.2 Å². The third-order valence-corrected chi connectivity index (χ3v) is 6.14. The molecule has 2 aliphatic heterocycles. The van der Waals surface area contributed by atoms with E-state index in [2.05, 4.69) is 5.32 Å². The van der Waals surface area contributed by atoms with E-state index < -0.39 is 11.7 Å². The number of hydrogen-bond acceptors (Lipinski definition) is 3. The number of nitrogens with one attached hydrogen (secondary N) is 1. The Hall–Kier alpha value is -3.10. The van der Waals surface area contributed by atoms with Gasteiger partial charge in [0.15, 0.2) is 0 Å². The van der Waals surface area contributed by atoms with Crippen molar-refractivity contribution in [3.8, 4) is 0 Å². The number of alkyl halides is 3. The Morgan fingerprint density at radius 3 is 2.59 bits per heavy atom. The van der Waals surface area contributed by atoms with Gasteiger partial charge in [-0.2, -0.15) is 13.2 Å². The van der Waals surface area contributed by atoms with Gasteiger partial charge in [0.05, 0.1) is 5.56 Å². The van der Waals surface area contributed by atoms with Gasteiger partial charge in [0.1, 0.15) is 0 Å². The number of carbonyl (C=O) groups is 2. The smallest absolute Gasteiger partial charge is 0.352 e. The number of halogens is 3. The van der Waals surface area contributed by atoms with Gasteiger partial charge in [0.2, 0.25) is 11.8 Å². The van der Waals surface area contributed by atoms with Crippen LogP contribution < -0.4 is 10.9 Å². The van der Waals surface area contributed by atoms with Gasteiger partial charge in [0, 0.05) is 56.7 Å². The summed E-state index contributed by atoms with van der Waals surface area (Å²) in [5, 5.41) is 2.58. The number of benzene rings is 1. The molecule has 2 aliphatic rings. The molecule has 1 aromatic heterocycles. The summed E-state index contributed by atoms with van der Waals surface area (Å²) < 4.78 is 40.2. The molecule has 9 heteroatoms. The van der Waals surface area contributed by atoms with Gasteiger partial charge in [-0.25, -0.2) is 0 Å². The van der Waals surface area contributed by atoms with Crippen LogP contribution in [0.3, 0.4) is 0 Å². The van der Waals surface area contributed by atoms with Crippen molar-refractivity contribution in [1.82, 2.24) is 14.8 Å². The molecule has 0 aliphatic carbocycles. The van der Waals surface area contributed by atoms with E-state index in [9.17, 15) is 27.6 Å². The van der Waals surface area contributed by atoms with E-state index in [4.69, 9.17) is 0 Å². The maximum absolute atomic E-state index is 12.8. The van der Waals surface area contributed by atoms with E-state index in [1.54, 1.807) is 21.6 Å². The molecule has 2 bridgehead atoms. The van der Waals surface area contributed by atoms with Crippen molar-refractivity contribution < 1.29 is 22.8 Å². The summed E-state index contributed by atoms with van der Waals surface area (Å²) in [5.41, 5.74) is 0.510. The summed E-state index contributed by atoms with van der Waals surface area (Å²) in [6, 6.07) is 10.0. The van der Waals surface area contributed by atoms with Gasteiger partial charge in [-0.15, -0.1) is 0 Å². The van der Waals surface area contributed by atoms with Crippen LogP contribution in [0.5, 0.6) is 0 Å². The summed E-state index contributed by atoms with van der Waals surface area (Å²) in [7, 11) is 0. The highest BCUT2D eigenvalue weighted by atomic mass is 19.4. The van der Waals surface area contributed by atoms with Crippen LogP contribution in [-0.4, -0.2) is 34.4 Å². The molecule has 2 aromatic rings. The number of likely N-dealkylation sites (tertiary alicyclic amines) is 1. The molecule has 0 spiro atoms. The van der Waals surface area contributed by atoms with Crippen molar-refractivity contribution in [2.24, 2.45) is 5.92 Å². The zero-order valence-electron chi connectivity index (χ0n) is 17.4. The number of aromatic nitrogens is 1. The molecule has 32 heavy (non-hydrogen) atoms. The van der Waals surface area contributed by atoms with Crippen LogP contribution in [0.2, 0.25) is 0 Å². The molecule has 4 rings (SSSR count). The number of rotatable bonds is 5. The van der Waals surface area contributed by atoms with Crippen LogP contribution in [0.1, 0.15) is 42.0 Å². The van der Waals surface area contributed by atoms with Gasteiger partial charge in [-0.3, -0.25) is 14.4 Å². The molecule has 3 heterocycles. The number of piperidine rings is 1. The van der Waals surface area contributed by atoms with Crippen molar-refractivity contribution in [1.29, 1.82) is 0 Å². The Balaban J connectivity index is 1.28. The molecule has 2 amide bonds. The zero-order valence-corrected chi connectivity index (χ0v) is 17.4. The van der Waals surface area contributed by atoms with E-state index in [-0.39, 0.29) is 48.6 Å². The fourth-order valence-electron chi connectivity index (χ4n) is 4.63. The largest absolute Gasteiger partial charge is 0.416 e. The average molecular weight is 447 g/mol. The summed E-state index contributed by atoms with van der Waals surface area (Å²) in [4.78, 5) is 38.7. The van der Waals surface area contributed by atoms with Crippen LogP contribution in [0, 0.1) is 5.92 Å². The summed E-state index contributed by atoms with van der Waals surface area (Å²) in [6.07, 6.45) is -3.49. The quantitative estimate of drug-likeness (QED) is 0.766. The Morgan fingerprint density at radius 1 is 1.03 bits per heavy atom. The minimum Gasteiger partial charge on any atom is -0.352 e. The lowest BCUT2D eigenvalue weighted by Gasteiger charge is -2.42. The Morgan fingerprint density at radius 2 is 1.81 bits per heavy atom. The molecule has 0 radical (unpaired) electrons. The highest BCUT2D eigenvalue weighted by molar-refractivity contribution is 5.83. The molecule has 0 saturated carbocycles. The second-order valence-corrected chi connectivity index (χ2v) is 8.47. The summed E-state index contributed by atoms with van der Waals surface area (Å²) >= 11 is 0. The summed E-state index contributed by atoms with van der Waals surface area (Å²) in [6.45, 7) is 1.63. The van der Waals surface area contributed by atoms with Crippen LogP contribution in [0.4, 0.5) is 13.2 Å². The van der Waals surface area contributed by atoms with Gasteiger partial charge < -0.3 is 14.8 Å². The monoisotopic (exact) mass is 447 g/mol. The number of carbonyl (C=O) groups excluding carboxylic acids is 2. The van der Waals surface area contributed by atoms with Crippen LogP contribution in [-0.2, 0) is 28.9 Å². The highest BCUT2D eigenvalue weighted by Crippen LogP contribution is 2.35. The number of amides is 2. The minimum absolute atomic E-state index is 0.0191. The van der Waals surface area contributed by atoms with Crippen molar-refractivity contribution in [3.05, 3.63) is 69.6 Å². The van der Waals surface area contributed by atoms with Crippen molar-refractivity contribution in [3.63, 3.8) is 0 Å². The first kappa shape index (κ1) is 22.1. The van der Waals surface area contributed by atoms with E-state index >= 15 is 0 Å². The Labute approximate surface area is 183 Å². The van der Waals surface area contributed by atoms with E-state index in [1.165, 1.54) is 12.1 Å². The lowest BCUT2D eigenvalue weighted by Crippen LogP contribution is -2.49. The third-order valence-electron chi connectivity index (χ3n) is 6.14. The Kier molecular flexibility index (Phi) is 6.08. The molecule has 0 unspecified atom stereocenters. The first-order valence-corrected chi connectivity index (χ1v) is 10.6. The minimum atomic E-state index is -4.44. The molecular weight excluding hydrogens is 423 g/mol. The predicted molar refractivity (Wildman–Crippen MR) is 111 cm³/mol. The Bertz CT molecular complexity index is 1080. The van der Waals surface area contributed by atoms with Crippen LogP contribution in [0.25, 0.3) is 0 Å². The van der Waals surface area contributed by atoms with Gasteiger partial charge >= 0.3 is 6.18 Å². The van der Waals surface area contributed by atoms with E-state index in [0.717, 1.165) is 24.2 Å². The van der Waals surface area contributed by atoms with Crippen LogP contribution >= 0.6 is 0 Å².